The van der Waals surface area contributed by atoms with Gasteiger partial charge in [-0.2, -0.15) is 0 Å². The van der Waals surface area contributed by atoms with E-state index in [0.717, 1.165) is 18.6 Å². The Labute approximate surface area is 122 Å². The molecule has 0 aromatic heterocycles. The molecule has 0 bridgehead atoms. The van der Waals surface area contributed by atoms with Crippen molar-refractivity contribution in [1.29, 1.82) is 0 Å². The Hall–Kier alpha value is -1.98. The van der Waals surface area contributed by atoms with Gasteiger partial charge in [0, 0.05) is 31.1 Å². The first kappa shape index (κ1) is 15.4. The zero-order chi connectivity index (χ0) is 15.4. The minimum Gasteiger partial charge on any atom is -0.344 e. The molecule has 1 atom stereocenters. The summed E-state index contributed by atoms with van der Waals surface area (Å²) in [5.41, 5.74) is 0.245. The van der Waals surface area contributed by atoms with Gasteiger partial charge in [0.2, 0.25) is 11.8 Å². The van der Waals surface area contributed by atoms with Crippen molar-refractivity contribution in [2.24, 2.45) is 0 Å². The molecule has 114 valence electrons. The predicted octanol–water partition coefficient (Wildman–Crippen LogP) is 1.98. The number of hydrogen-bond acceptors (Lipinski definition) is 2. The molecule has 1 aliphatic rings. The van der Waals surface area contributed by atoms with Crippen LogP contribution in [0.25, 0.3) is 0 Å². The first-order chi connectivity index (χ1) is 10.0. The van der Waals surface area contributed by atoms with Crippen molar-refractivity contribution < 1.29 is 18.4 Å². The number of nitrogens with one attached hydrogen (secondary N) is 1. The van der Waals surface area contributed by atoms with E-state index < -0.39 is 17.7 Å². The van der Waals surface area contributed by atoms with E-state index >= 15 is 0 Å². The summed E-state index contributed by atoms with van der Waals surface area (Å²) in [7, 11) is 0. The van der Waals surface area contributed by atoms with E-state index in [4.69, 9.17) is 0 Å². The second kappa shape index (κ2) is 6.65. The van der Waals surface area contributed by atoms with E-state index in [1.807, 2.05) is 6.92 Å². The van der Waals surface area contributed by atoms with Crippen LogP contribution in [-0.4, -0.2) is 29.3 Å². The number of hydrogen-bond donors (Lipinski definition) is 1. The Kier molecular flexibility index (Phi) is 4.88. The van der Waals surface area contributed by atoms with Crippen molar-refractivity contribution in [2.45, 2.75) is 38.8 Å². The predicted molar refractivity (Wildman–Crippen MR) is 73.2 cm³/mol. The number of benzene rings is 1. The molecule has 1 unspecified atom stereocenters. The molecule has 0 aliphatic carbocycles. The van der Waals surface area contributed by atoms with Crippen molar-refractivity contribution in [3.05, 3.63) is 35.4 Å². The standard InChI is InChI=1S/C15H18F2N2O2/c1-2-3-13-15(21)19(7-6-14(20)18-13)9-10-4-5-11(16)8-12(10)17/h4-5,8,13H,2-3,6-7,9H2,1H3,(H,18,20). The first-order valence-corrected chi connectivity index (χ1v) is 7.03. The lowest BCUT2D eigenvalue weighted by Gasteiger charge is -2.24. The van der Waals surface area contributed by atoms with Gasteiger partial charge in [-0.1, -0.05) is 19.4 Å². The van der Waals surface area contributed by atoms with Gasteiger partial charge in [-0.25, -0.2) is 8.78 Å². The molecule has 0 radical (unpaired) electrons. The lowest BCUT2D eigenvalue weighted by Crippen LogP contribution is -2.44. The van der Waals surface area contributed by atoms with Crippen molar-refractivity contribution in [3.63, 3.8) is 0 Å². The Morgan fingerprint density at radius 2 is 2.10 bits per heavy atom. The largest absolute Gasteiger partial charge is 0.344 e. The van der Waals surface area contributed by atoms with Crippen molar-refractivity contribution in [1.82, 2.24) is 10.2 Å². The van der Waals surface area contributed by atoms with Gasteiger partial charge >= 0.3 is 0 Å². The average molecular weight is 296 g/mol. The van der Waals surface area contributed by atoms with Crippen LogP contribution in [-0.2, 0) is 16.1 Å². The molecule has 1 N–H and O–H groups in total. The maximum absolute atomic E-state index is 13.7. The van der Waals surface area contributed by atoms with Gasteiger partial charge in [-0.05, 0) is 12.5 Å². The number of carbonyl (C=O) groups is 2. The third-order valence-electron chi connectivity index (χ3n) is 3.51. The Balaban J connectivity index is 2.16. The Morgan fingerprint density at radius 1 is 1.33 bits per heavy atom. The lowest BCUT2D eigenvalue weighted by molar-refractivity contribution is -0.134. The number of carbonyl (C=O) groups excluding carboxylic acids is 2. The van der Waals surface area contributed by atoms with Gasteiger partial charge in [0.15, 0.2) is 0 Å². The summed E-state index contributed by atoms with van der Waals surface area (Å²) >= 11 is 0. The van der Waals surface area contributed by atoms with Crippen LogP contribution in [0.5, 0.6) is 0 Å². The summed E-state index contributed by atoms with van der Waals surface area (Å²) in [6, 6.07) is 2.72. The molecule has 6 heteroatoms. The quantitative estimate of drug-likeness (QED) is 0.923. The second-order valence-corrected chi connectivity index (χ2v) is 5.15. The molecule has 2 rings (SSSR count). The van der Waals surface area contributed by atoms with Crippen LogP contribution in [0.4, 0.5) is 8.78 Å². The highest BCUT2D eigenvalue weighted by atomic mass is 19.1. The minimum atomic E-state index is -0.682. The molecule has 2 amide bonds. The highest BCUT2D eigenvalue weighted by Crippen LogP contribution is 2.16. The number of amides is 2. The van der Waals surface area contributed by atoms with E-state index in [1.54, 1.807) is 0 Å². The van der Waals surface area contributed by atoms with Crippen LogP contribution in [0.2, 0.25) is 0 Å². The number of halogens is 2. The summed E-state index contributed by atoms with van der Waals surface area (Å²) in [6.45, 7) is 2.20. The SMILES string of the molecule is CCCC1NC(=O)CCN(Cc2ccc(F)cc2F)C1=O. The van der Waals surface area contributed by atoms with Crippen LogP contribution in [0.3, 0.4) is 0 Å². The molecule has 1 aliphatic heterocycles. The van der Waals surface area contributed by atoms with Gasteiger partial charge in [-0.15, -0.1) is 0 Å². The molecule has 1 saturated heterocycles. The zero-order valence-electron chi connectivity index (χ0n) is 11.9. The molecule has 0 spiro atoms. The first-order valence-electron chi connectivity index (χ1n) is 7.03. The number of rotatable bonds is 4. The average Bonchev–Trinajstić information content (AvgIpc) is 2.56. The maximum atomic E-state index is 13.7. The van der Waals surface area contributed by atoms with Crippen molar-refractivity contribution in [3.8, 4) is 0 Å². The van der Waals surface area contributed by atoms with Gasteiger partial charge in [0.05, 0.1) is 0 Å². The third kappa shape index (κ3) is 3.77. The fourth-order valence-corrected chi connectivity index (χ4v) is 2.39. The minimum absolute atomic E-state index is 0.0418. The molecule has 1 aromatic rings. The van der Waals surface area contributed by atoms with E-state index in [1.165, 1.54) is 11.0 Å². The molecule has 21 heavy (non-hydrogen) atoms. The van der Waals surface area contributed by atoms with Crippen LogP contribution in [0.15, 0.2) is 18.2 Å². The molecular formula is C15H18F2N2O2. The molecule has 0 saturated carbocycles. The summed E-state index contributed by atoms with van der Waals surface area (Å²) in [6.07, 6.45) is 1.50. The van der Waals surface area contributed by atoms with E-state index in [-0.39, 0.29) is 36.9 Å². The molecule has 1 fully saturated rings. The van der Waals surface area contributed by atoms with E-state index in [2.05, 4.69) is 5.32 Å². The summed E-state index contributed by atoms with van der Waals surface area (Å²) in [5.74, 6) is -1.73. The third-order valence-corrected chi connectivity index (χ3v) is 3.51. The fourth-order valence-electron chi connectivity index (χ4n) is 2.39. The molecule has 4 nitrogen and oxygen atoms in total. The topological polar surface area (TPSA) is 49.4 Å². The fraction of sp³-hybridized carbons (Fsp3) is 0.467. The highest BCUT2D eigenvalue weighted by Gasteiger charge is 2.29. The van der Waals surface area contributed by atoms with E-state index in [0.29, 0.717) is 6.42 Å². The van der Waals surface area contributed by atoms with Crippen molar-refractivity contribution in [2.75, 3.05) is 6.54 Å². The highest BCUT2D eigenvalue weighted by molar-refractivity contribution is 5.89. The molecule has 1 heterocycles. The zero-order valence-corrected chi connectivity index (χ0v) is 11.9. The summed E-state index contributed by atoms with van der Waals surface area (Å²) in [5, 5.41) is 2.69. The monoisotopic (exact) mass is 296 g/mol. The second-order valence-electron chi connectivity index (χ2n) is 5.15. The number of nitrogens with zero attached hydrogens (tertiary/aromatic N) is 1. The normalized spacial score (nSPS) is 19.4. The smallest absolute Gasteiger partial charge is 0.245 e. The van der Waals surface area contributed by atoms with Gasteiger partial charge in [-0.3, -0.25) is 9.59 Å². The van der Waals surface area contributed by atoms with Gasteiger partial charge < -0.3 is 10.2 Å². The van der Waals surface area contributed by atoms with Crippen LogP contribution < -0.4 is 5.32 Å². The summed E-state index contributed by atoms with van der Waals surface area (Å²) in [4.78, 5) is 25.4. The summed E-state index contributed by atoms with van der Waals surface area (Å²) < 4.78 is 26.6. The van der Waals surface area contributed by atoms with Gasteiger partial charge in [0.1, 0.15) is 17.7 Å². The lowest BCUT2D eigenvalue weighted by atomic mass is 10.1. The Bertz CT molecular complexity index is 548. The van der Waals surface area contributed by atoms with Gasteiger partial charge in [0.25, 0.3) is 0 Å². The van der Waals surface area contributed by atoms with Crippen LogP contribution in [0.1, 0.15) is 31.7 Å². The maximum Gasteiger partial charge on any atom is 0.245 e. The van der Waals surface area contributed by atoms with Crippen LogP contribution >= 0.6 is 0 Å². The van der Waals surface area contributed by atoms with Crippen LogP contribution in [0, 0.1) is 11.6 Å². The van der Waals surface area contributed by atoms with E-state index in [9.17, 15) is 18.4 Å². The molecule has 1 aromatic carbocycles. The van der Waals surface area contributed by atoms with Crippen molar-refractivity contribution >= 4 is 11.8 Å². The molecular weight excluding hydrogens is 278 g/mol. The Morgan fingerprint density at radius 3 is 2.76 bits per heavy atom.